The number of unbranched alkanes of at least 4 members (excludes halogenated alkanes) is 2. The number of ketones is 1. The van der Waals surface area contributed by atoms with E-state index in [0.29, 0.717) is 30.9 Å². The second kappa shape index (κ2) is 12.0. The minimum Gasteiger partial charge on any atom is -0.396 e. The number of nitro benzene ring substituents is 1. The Morgan fingerprint density at radius 3 is 2.47 bits per heavy atom. The summed E-state index contributed by atoms with van der Waals surface area (Å²) in [5, 5.41) is 27.9. The minimum absolute atomic E-state index is 0.106. The number of Topliss-reactive ketones (excluding diaryl/α,β-unsaturated/α-hetero) is 1. The number of nitrogens with zero attached hydrogens (tertiary/aromatic N) is 4. The van der Waals surface area contributed by atoms with Gasteiger partial charge in [-0.15, -0.1) is 5.11 Å². The van der Waals surface area contributed by atoms with Crippen molar-refractivity contribution in [3.8, 4) is 0 Å². The van der Waals surface area contributed by atoms with Gasteiger partial charge in [0.2, 0.25) is 0 Å². The third kappa shape index (κ3) is 7.20. The van der Waals surface area contributed by atoms with Crippen molar-refractivity contribution < 1.29 is 14.8 Å². The SMILES string of the molecule is CCN(CC(=O)CCCCCO)c1ccc(N=Nc2ccc([N+](=O)[O-])cc2Cl)cc1. The smallest absolute Gasteiger partial charge is 0.271 e. The Hall–Kier alpha value is -2.84. The zero-order chi connectivity index (χ0) is 21.9. The van der Waals surface area contributed by atoms with Crippen LogP contribution in [0.15, 0.2) is 52.7 Å². The van der Waals surface area contributed by atoms with Crippen LogP contribution in [-0.2, 0) is 4.79 Å². The van der Waals surface area contributed by atoms with E-state index >= 15 is 0 Å². The molecular formula is C21H25ClN4O4. The number of hydrogen-bond acceptors (Lipinski definition) is 7. The molecule has 0 saturated carbocycles. The molecule has 30 heavy (non-hydrogen) atoms. The predicted octanol–water partition coefficient (Wildman–Crippen LogP) is 5.61. The van der Waals surface area contributed by atoms with Gasteiger partial charge in [0, 0.05) is 37.4 Å². The molecule has 160 valence electrons. The summed E-state index contributed by atoms with van der Waals surface area (Å²) in [6.07, 6.45) is 2.89. The van der Waals surface area contributed by atoms with Crippen molar-refractivity contribution in [3.05, 3.63) is 57.6 Å². The van der Waals surface area contributed by atoms with Gasteiger partial charge in [0.25, 0.3) is 5.69 Å². The first-order chi connectivity index (χ1) is 14.4. The van der Waals surface area contributed by atoms with E-state index in [1.54, 1.807) is 12.1 Å². The van der Waals surface area contributed by atoms with Crippen molar-refractivity contribution in [3.63, 3.8) is 0 Å². The molecule has 0 radical (unpaired) electrons. The van der Waals surface area contributed by atoms with Crippen LogP contribution in [0, 0.1) is 10.1 Å². The number of azo groups is 1. The van der Waals surface area contributed by atoms with E-state index in [1.807, 2.05) is 24.0 Å². The standard InChI is InChI=1S/C21H25ClN4O4/c1-2-25(15-19(28)6-4-3-5-13-27)17-9-7-16(8-10-17)23-24-21-12-11-18(26(29)30)14-20(21)22/h7-12,14,27H,2-6,13,15H2,1H3. The second-order valence-electron chi connectivity index (χ2n) is 6.70. The summed E-state index contributed by atoms with van der Waals surface area (Å²) in [6, 6.07) is 11.3. The number of carbonyl (C=O) groups excluding carboxylic acids is 1. The Balaban J connectivity index is 1.98. The van der Waals surface area contributed by atoms with Crippen LogP contribution >= 0.6 is 11.6 Å². The molecule has 2 rings (SSSR count). The number of rotatable bonds is 12. The van der Waals surface area contributed by atoms with Gasteiger partial charge >= 0.3 is 0 Å². The number of aliphatic hydroxyl groups is 1. The number of nitro groups is 1. The zero-order valence-corrected chi connectivity index (χ0v) is 17.6. The summed E-state index contributed by atoms with van der Waals surface area (Å²) in [6.45, 7) is 3.19. The molecule has 0 aliphatic rings. The topological polar surface area (TPSA) is 108 Å². The van der Waals surface area contributed by atoms with Gasteiger partial charge in [0.15, 0.2) is 5.78 Å². The van der Waals surface area contributed by atoms with Gasteiger partial charge in [-0.1, -0.05) is 18.0 Å². The van der Waals surface area contributed by atoms with E-state index in [9.17, 15) is 14.9 Å². The van der Waals surface area contributed by atoms with Crippen LogP contribution in [0.1, 0.15) is 32.6 Å². The number of hydrogen-bond donors (Lipinski definition) is 1. The monoisotopic (exact) mass is 432 g/mol. The number of halogens is 1. The first-order valence-corrected chi connectivity index (χ1v) is 10.2. The molecule has 2 aromatic rings. The van der Waals surface area contributed by atoms with E-state index in [2.05, 4.69) is 10.2 Å². The molecule has 0 fully saturated rings. The number of aliphatic hydroxyl groups excluding tert-OH is 1. The predicted molar refractivity (Wildman–Crippen MR) is 117 cm³/mol. The van der Waals surface area contributed by atoms with Gasteiger partial charge in [-0.25, -0.2) is 0 Å². The lowest BCUT2D eigenvalue weighted by Crippen LogP contribution is -2.29. The number of likely N-dealkylation sites (N-methyl/N-ethyl adjacent to an activating group) is 1. The van der Waals surface area contributed by atoms with Crippen molar-refractivity contribution >= 4 is 40.1 Å². The second-order valence-corrected chi connectivity index (χ2v) is 7.10. The van der Waals surface area contributed by atoms with E-state index in [4.69, 9.17) is 16.7 Å². The molecule has 0 atom stereocenters. The van der Waals surface area contributed by atoms with Crippen molar-refractivity contribution in [1.29, 1.82) is 0 Å². The van der Waals surface area contributed by atoms with Crippen molar-refractivity contribution in [2.45, 2.75) is 32.6 Å². The summed E-state index contributed by atoms with van der Waals surface area (Å²) in [7, 11) is 0. The lowest BCUT2D eigenvalue weighted by molar-refractivity contribution is -0.384. The van der Waals surface area contributed by atoms with Gasteiger partial charge in [-0.2, -0.15) is 5.11 Å². The molecule has 0 heterocycles. The van der Waals surface area contributed by atoms with Crippen LogP contribution in [0.3, 0.4) is 0 Å². The highest BCUT2D eigenvalue weighted by Gasteiger charge is 2.11. The third-order valence-electron chi connectivity index (χ3n) is 4.49. The fourth-order valence-corrected chi connectivity index (χ4v) is 3.03. The largest absolute Gasteiger partial charge is 0.396 e. The Morgan fingerprint density at radius 2 is 1.87 bits per heavy atom. The molecule has 0 bridgehead atoms. The maximum Gasteiger partial charge on any atom is 0.271 e. The number of non-ortho nitro benzene ring substituents is 1. The maximum absolute atomic E-state index is 12.2. The highest BCUT2D eigenvalue weighted by molar-refractivity contribution is 6.33. The first-order valence-electron chi connectivity index (χ1n) is 9.77. The average Bonchev–Trinajstić information content (AvgIpc) is 2.74. The van der Waals surface area contributed by atoms with E-state index in [1.165, 1.54) is 18.2 Å². The third-order valence-corrected chi connectivity index (χ3v) is 4.80. The Morgan fingerprint density at radius 1 is 1.13 bits per heavy atom. The average molecular weight is 433 g/mol. The van der Waals surface area contributed by atoms with Gasteiger partial charge in [-0.05, 0) is 50.1 Å². The first kappa shape index (κ1) is 23.4. The quantitative estimate of drug-likeness (QED) is 0.203. The zero-order valence-electron chi connectivity index (χ0n) is 16.8. The Bertz CT molecular complexity index is 887. The molecular weight excluding hydrogens is 408 g/mol. The van der Waals surface area contributed by atoms with Gasteiger partial charge in [0.1, 0.15) is 5.69 Å². The van der Waals surface area contributed by atoms with Gasteiger partial charge in [-0.3, -0.25) is 14.9 Å². The molecule has 8 nitrogen and oxygen atoms in total. The normalized spacial score (nSPS) is 11.0. The van der Waals surface area contributed by atoms with E-state index < -0.39 is 4.92 Å². The summed E-state index contributed by atoms with van der Waals surface area (Å²) < 4.78 is 0. The molecule has 0 saturated heterocycles. The lowest BCUT2D eigenvalue weighted by atomic mass is 10.1. The van der Waals surface area contributed by atoms with Crippen molar-refractivity contribution in [2.75, 3.05) is 24.6 Å². The molecule has 2 aromatic carbocycles. The fourth-order valence-electron chi connectivity index (χ4n) is 2.82. The van der Waals surface area contributed by atoms with Crippen LogP contribution in [0.4, 0.5) is 22.7 Å². The molecule has 0 aliphatic carbocycles. The summed E-state index contributed by atoms with van der Waals surface area (Å²) in [5.41, 5.74) is 1.74. The van der Waals surface area contributed by atoms with Crippen LogP contribution in [0.2, 0.25) is 5.02 Å². The van der Waals surface area contributed by atoms with Crippen LogP contribution in [0.25, 0.3) is 0 Å². The highest BCUT2D eigenvalue weighted by Crippen LogP contribution is 2.30. The van der Waals surface area contributed by atoms with Crippen LogP contribution in [-0.4, -0.2) is 35.5 Å². The van der Waals surface area contributed by atoms with Gasteiger partial charge < -0.3 is 10.0 Å². The number of benzene rings is 2. The molecule has 0 amide bonds. The Kier molecular flexibility index (Phi) is 9.37. The molecule has 0 aliphatic heterocycles. The fraction of sp³-hybridized carbons (Fsp3) is 0.381. The van der Waals surface area contributed by atoms with E-state index in [0.717, 1.165) is 24.9 Å². The van der Waals surface area contributed by atoms with E-state index in [-0.39, 0.29) is 23.1 Å². The van der Waals surface area contributed by atoms with Gasteiger partial charge in [0.05, 0.1) is 22.2 Å². The Labute approximate surface area is 180 Å². The number of carbonyl (C=O) groups is 1. The summed E-state index contributed by atoms with van der Waals surface area (Å²) in [5.74, 6) is 0.173. The molecule has 0 spiro atoms. The maximum atomic E-state index is 12.2. The van der Waals surface area contributed by atoms with Crippen molar-refractivity contribution in [2.24, 2.45) is 10.2 Å². The molecule has 0 unspecified atom stereocenters. The summed E-state index contributed by atoms with van der Waals surface area (Å²) >= 11 is 6.02. The number of anilines is 1. The lowest BCUT2D eigenvalue weighted by Gasteiger charge is -2.22. The molecule has 9 heteroatoms. The molecule has 0 aromatic heterocycles. The van der Waals surface area contributed by atoms with Crippen LogP contribution < -0.4 is 4.90 Å². The summed E-state index contributed by atoms with van der Waals surface area (Å²) in [4.78, 5) is 24.4. The molecule has 1 N–H and O–H groups in total. The van der Waals surface area contributed by atoms with Crippen molar-refractivity contribution in [1.82, 2.24) is 0 Å². The minimum atomic E-state index is -0.523. The van der Waals surface area contributed by atoms with Crippen LogP contribution in [0.5, 0.6) is 0 Å². The highest BCUT2D eigenvalue weighted by atomic mass is 35.5.